The van der Waals surface area contributed by atoms with E-state index in [0.717, 1.165) is 0 Å². The van der Waals surface area contributed by atoms with E-state index in [0.29, 0.717) is 59.4 Å². The molecule has 0 saturated heterocycles. The number of methoxy groups -OCH3 is 1. The molecule has 3 rings (SSSR count). The Bertz CT molecular complexity index is 1240. The fraction of sp³-hybridized carbons (Fsp3) is 0.280. The quantitative estimate of drug-likeness (QED) is 0.226. The highest BCUT2D eigenvalue weighted by Gasteiger charge is 2.12. The van der Waals surface area contributed by atoms with Crippen LogP contribution in [0.3, 0.4) is 0 Å². The summed E-state index contributed by atoms with van der Waals surface area (Å²) < 4.78 is 22.7. The molecule has 196 valence electrons. The van der Waals surface area contributed by atoms with E-state index in [1.165, 1.54) is 12.3 Å². The monoisotopic (exact) mass is 525 g/mol. The molecular formula is C25H31N7O4S. The predicted octanol–water partition coefficient (Wildman–Crippen LogP) is 3.18. The lowest BCUT2D eigenvalue weighted by atomic mass is 10.2. The summed E-state index contributed by atoms with van der Waals surface area (Å²) in [5.41, 5.74) is 1.92. The number of amides is 1. The van der Waals surface area contributed by atoms with Crippen LogP contribution in [-0.4, -0.2) is 77.2 Å². The van der Waals surface area contributed by atoms with Crippen LogP contribution in [0.5, 0.6) is 5.88 Å². The van der Waals surface area contributed by atoms with Crippen molar-refractivity contribution in [3.63, 3.8) is 0 Å². The summed E-state index contributed by atoms with van der Waals surface area (Å²) in [7, 11) is 4.12. The third-order valence-electron chi connectivity index (χ3n) is 4.73. The molecule has 0 bridgehead atoms. The first-order valence-electron chi connectivity index (χ1n) is 11.4. The van der Waals surface area contributed by atoms with E-state index < -0.39 is 10.8 Å². The van der Waals surface area contributed by atoms with Gasteiger partial charge in [-0.05, 0) is 38.4 Å². The number of nitrogens with one attached hydrogen (secondary N) is 3. The molecule has 0 radical (unpaired) electrons. The minimum absolute atomic E-state index is 0.230. The van der Waals surface area contributed by atoms with Crippen molar-refractivity contribution < 1.29 is 18.5 Å². The number of ether oxygens (including phenoxy) is 2. The molecule has 0 aliphatic rings. The Kier molecular flexibility index (Phi) is 10.5. The summed E-state index contributed by atoms with van der Waals surface area (Å²) in [4.78, 5) is 27.6. The van der Waals surface area contributed by atoms with E-state index >= 15 is 0 Å². The first-order chi connectivity index (χ1) is 17.8. The highest BCUT2D eigenvalue weighted by molar-refractivity contribution is 7.84. The van der Waals surface area contributed by atoms with Crippen molar-refractivity contribution in [2.45, 2.75) is 4.90 Å². The molecule has 1 unspecified atom stereocenters. The van der Waals surface area contributed by atoms with Crippen LogP contribution < -0.4 is 20.7 Å². The average molecular weight is 526 g/mol. The Balaban J connectivity index is 1.72. The van der Waals surface area contributed by atoms with Gasteiger partial charge >= 0.3 is 0 Å². The number of nitrogens with zero attached hydrogens (tertiary/aromatic N) is 4. The van der Waals surface area contributed by atoms with Gasteiger partial charge in [0.25, 0.3) is 0 Å². The van der Waals surface area contributed by atoms with Crippen LogP contribution in [-0.2, 0) is 20.3 Å². The molecular weight excluding hydrogens is 494 g/mol. The van der Waals surface area contributed by atoms with Gasteiger partial charge in [-0.1, -0.05) is 12.1 Å². The lowest BCUT2D eigenvalue weighted by Crippen LogP contribution is -2.13. The molecule has 2 aromatic heterocycles. The Morgan fingerprint density at radius 3 is 2.57 bits per heavy atom. The average Bonchev–Trinajstić information content (AvgIpc) is 2.85. The predicted molar refractivity (Wildman–Crippen MR) is 145 cm³/mol. The fourth-order valence-corrected chi connectivity index (χ4v) is 3.57. The van der Waals surface area contributed by atoms with Gasteiger partial charge in [0.2, 0.25) is 17.7 Å². The van der Waals surface area contributed by atoms with Crippen molar-refractivity contribution in [1.82, 2.24) is 19.9 Å². The molecule has 0 fully saturated rings. The number of aromatic nitrogens is 3. The first-order valence-corrected chi connectivity index (χ1v) is 12.9. The molecule has 0 aliphatic heterocycles. The van der Waals surface area contributed by atoms with Gasteiger partial charge < -0.3 is 30.3 Å². The molecule has 11 nitrogen and oxygen atoms in total. The topological polar surface area (TPSA) is 131 Å². The van der Waals surface area contributed by atoms with Crippen molar-refractivity contribution in [2.24, 2.45) is 0 Å². The standard InChI is InChI=1S/C25H31N7O4S/c1-32(2)12-6-9-22(33)28-18-7-5-8-19(15-18)29-24-21(37(4)34)17-27-25(31-24)30-20-10-11-23(26-16-20)36-14-13-35-3/h5-11,15-17H,12-14H2,1-4H3,(H,28,33)(H2,27,29,30,31)/b9-6+. The molecule has 3 aromatic rings. The number of likely N-dealkylation sites (N-methyl/N-ethyl adjacent to an activating group) is 1. The Morgan fingerprint density at radius 1 is 1.05 bits per heavy atom. The molecule has 1 aromatic carbocycles. The van der Waals surface area contributed by atoms with Crippen molar-refractivity contribution in [3.05, 3.63) is 60.9 Å². The number of carbonyl (C=O) groups excluding carboxylic acids is 1. The van der Waals surface area contributed by atoms with Gasteiger partial charge in [0.05, 0.1) is 40.4 Å². The number of benzene rings is 1. The molecule has 1 atom stereocenters. The summed E-state index contributed by atoms with van der Waals surface area (Å²) in [5, 5.41) is 9.10. The van der Waals surface area contributed by atoms with Gasteiger partial charge in [-0.15, -0.1) is 0 Å². The lowest BCUT2D eigenvalue weighted by molar-refractivity contribution is -0.111. The summed E-state index contributed by atoms with van der Waals surface area (Å²) in [5.74, 6) is 0.913. The van der Waals surface area contributed by atoms with Crippen LogP contribution in [0.4, 0.5) is 28.8 Å². The largest absolute Gasteiger partial charge is 0.475 e. The molecule has 12 heteroatoms. The van der Waals surface area contributed by atoms with Gasteiger partial charge in [-0.3, -0.25) is 9.00 Å². The summed E-state index contributed by atoms with van der Waals surface area (Å²) >= 11 is 0. The van der Waals surface area contributed by atoms with E-state index in [9.17, 15) is 9.00 Å². The second kappa shape index (κ2) is 14.0. The number of anilines is 5. The highest BCUT2D eigenvalue weighted by atomic mass is 32.2. The number of hydrogen-bond donors (Lipinski definition) is 3. The molecule has 0 saturated carbocycles. The smallest absolute Gasteiger partial charge is 0.248 e. The molecule has 0 aliphatic carbocycles. The number of carbonyl (C=O) groups is 1. The third-order valence-corrected chi connectivity index (χ3v) is 5.65. The van der Waals surface area contributed by atoms with Gasteiger partial charge in [0.1, 0.15) is 6.61 Å². The van der Waals surface area contributed by atoms with Crippen molar-refractivity contribution in [1.29, 1.82) is 0 Å². The highest BCUT2D eigenvalue weighted by Crippen LogP contribution is 2.25. The second-order valence-electron chi connectivity index (χ2n) is 8.07. The van der Waals surface area contributed by atoms with Crippen LogP contribution >= 0.6 is 0 Å². The van der Waals surface area contributed by atoms with Crippen LogP contribution in [0.1, 0.15) is 0 Å². The van der Waals surface area contributed by atoms with Gasteiger partial charge in [0.15, 0.2) is 5.82 Å². The lowest BCUT2D eigenvalue weighted by Gasteiger charge is -2.13. The Labute approximate surface area is 218 Å². The van der Waals surface area contributed by atoms with Crippen LogP contribution in [0.15, 0.2) is 65.8 Å². The molecule has 3 N–H and O–H groups in total. The maximum absolute atomic E-state index is 12.3. The van der Waals surface area contributed by atoms with Crippen LogP contribution in [0.25, 0.3) is 0 Å². The molecule has 2 heterocycles. The van der Waals surface area contributed by atoms with Crippen molar-refractivity contribution in [3.8, 4) is 5.88 Å². The van der Waals surface area contributed by atoms with E-state index in [-0.39, 0.29) is 5.91 Å². The molecule has 37 heavy (non-hydrogen) atoms. The maximum atomic E-state index is 12.3. The van der Waals surface area contributed by atoms with E-state index in [1.807, 2.05) is 25.1 Å². The number of rotatable bonds is 13. The summed E-state index contributed by atoms with van der Waals surface area (Å²) in [6.45, 7) is 1.54. The normalized spacial score (nSPS) is 11.9. The maximum Gasteiger partial charge on any atom is 0.248 e. The van der Waals surface area contributed by atoms with Crippen LogP contribution in [0, 0.1) is 0 Å². The second-order valence-corrected chi connectivity index (χ2v) is 9.42. The Hall–Kier alpha value is -3.87. The van der Waals surface area contributed by atoms with Gasteiger partial charge in [-0.25, -0.2) is 9.97 Å². The van der Waals surface area contributed by atoms with Gasteiger partial charge in [-0.2, -0.15) is 4.98 Å². The zero-order valence-electron chi connectivity index (χ0n) is 21.2. The number of hydrogen-bond acceptors (Lipinski definition) is 10. The van der Waals surface area contributed by atoms with Crippen molar-refractivity contribution in [2.75, 3.05) is 63.2 Å². The van der Waals surface area contributed by atoms with E-state index in [1.54, 1.807) is 56.0 Å². The van der Waals surface area contributed by atoms with Crippen molar-refractivity contribution >= 4 is 45.5 Å². The first kappa shape index (κ1) is 27.7. The SMILES string of the molecule is COCCOc1ccc(Nc2ncc(S(C)=O)c(Nc3cccc(NC(=O)/C=C/CN(C)C)c3)n2)cn1. The minimum atomic E-state index is -1.34. The molecule has 0 spiro atoms. The van der Waals surface area contributed by atoms with Crippen LogP contribution in [0.2, 0.25) is 0 Å². The van der Waals surface area contributed by atoms with Gasteiger partial charge in [0, 0.05) is 43.4 Å². The summed E-state index contributed by atoms with van der Waals surface area (Å²) in [6, 6.07) is 10.7. The van der Waals surface area contributed by atoms with E-state index in [2.05, 4.69) is 30.9 Å². The zero-order chi connectivity index (χ0) is 26.6. The fourth-order valence-electron chi connectivity index (χ4n) is 3.00. The molecule has 1 amide bonds. The van der Waals surface area contributed by atoms with E-state index in [4.69, 9.17) is 9.47 Å². The summed E-state index contributed by atoms with van der Waals surface area (Å²) in [6.07, 6.45) is 7.94. The zero-order valence-corrected chi connectivity index (χ0v) is 22.0. The minimum Gasteiger partial charge on any atom is -0.475 e. The third kappa shape index (κ3) is 9.26. The Morgan fingerprint density at radius 2 is 1.86 bits per heavy atom. The number of pyridine rings is 1.